The van der Waals surface area contributed by atoms with Crippen LogP contribution in [0.1, 0.15) is 18.4 Å². The zero-order chi connectivity index (χ0) is 19.6. The molecule has 0 aliphatic carbocycles. The van der Waals surface area contributed by atoms with Crippen LogP contribution in [-0.2, 0) is 14.8 Å². The number of carbonyl (C=O) groups excluding carboxylic acids is 1. The summed E-state index contributed by atoms with van der Waals surface area (Å²) in [5.74, 6) is -0.364. The first-order valence-corrected chi connectivity index (χ1v) is 10.8. The summed E-state index contributed by atoms with van der Waals surface area (Å²) >= 11 is 11.9. The van der Waals surface area contributed by atoms with Crippen molar-refractivity contribution in [1.82, 2.24) is 9.21 Å². The van der Waals surface area contributed by atoms with Gasteiger partial charge in [0.2, 0.25) is 15.9 Å². The Morgan fingerprint density at radius 1 is 0.963 bits per heavy atom. The van der Waals surface area contributed by atoms with Gasteiger partial charge in [-0.1, -0.05) is 41.4 Å². The number of amides is 1. The van der Waals surface area contributed by atoms with Gasteiger partial charge in [-0.15, -0.1) is 0 Å². The molecule has 1 heterocycles. The van der Waals surface area contributed by atoms with E-state index in [-0.39, 0.29) is 29.8 Å². The van der Waals surface area contributed by atoms with Gasteiger partial charge < -0.3 is 4.90 Å². The number of hydrogen-bond acceptors (Lipinski definition) is 3. The second-order valence-electron chi connectivity index (χ2n) is 6.46. The molecule has 0 radical (unpaired) electrons. The molecule has 0 spiro atoms. The van der Waals surface area contributed by atoms with Crippen LogP contribution in [0.15, 0.2) is 53.4 Å². The summed E-state index contributed by atoms with van der Waals surface area (Å²) in [6.45, 7) is 3.04. The summed E-state index contributed by atoms with van der Waals surface area (Å²) < 4.78 is 26.9. The summed E-state index contributed by atoms with van der Waals surface area (Å²) in [6.07, 6.45) is 0. The lowest BCUT2D eigenvalue weighted by Gasteiger charge is -2.35. The van der Waals surface area contributed by atoms with Crippen LogP contribution >= 0.6 is 23.2 Å². The lowest BCUT2D eigenvalue weighted by Crippen LogP contribution is -2.51. The van der Waals surface area contributed by atoms with E-state index in [4.69, 9.17) is 23.2 Å². The van der Waals surface area contributed by atoms with Crippen LogP contribution < -0.4 is 0 Å². The average molecular weight is 427 g/mol. The molecule has 5 nitrogen and oxygen atoms in total. The van der Waals surface area contributed by atoms with Crippen molar-refractivity contribution < 1.29 is 13.2 Å². The minimum atomic E-state index is -3.62. The van der Waals surface area contributed by atoms with E-state index in [1.165, 1.54) is 16.4 Å². The first-order chi connectivity index (χ1) is 12.8. The van der Waals surface area contributed by atoms with Crippen LogP contribution in [0.2, 0.25) is 10.0 Å². The molecule has 1 unspecified atom stereocenters. The molecule has 1 saturated heterocycles. The Balaban J connectivity index is 1.67. The lowest BCUT2D eigenvalue weighted by atomic mass is 9.99. The fourth-order valence-electron chi connectivity index (χ4n) is 3.12. The Morgan fingerprint density at radius 2 is 1.56 bits per heavy atom. The SMILES string of the molecule is CC(C(=O)N1CCN(S(=O)(=O)c2cccc(Cl)c2)CC1)c1cccc(Cl)c1. The first-order valence-electron chi connectivity index (χ1n) is 8.59. The Bertz CT molecular complexity index is 941. The number of carbonyl (C=O) groups is 1. The highest BCUT2D eigenvalue weighted by atomic mass is 35.5. The third kappa shape index (κ3) is 4.46. The standard InChI is InChI=1S/C19H20Cl2N2O3S/c1-14(15-4-2-5-16(20)12-15)19(24)22-8-10-23(11-9-22)27(25,26)18-7-3-6-17(21)13-18/h2-7,12-14H,8-11H2,1H3. The Kier molecular flexibility index (Phi) is 6.11. The molecule has 1 aliphatic heterocycles. The number of sulfonamides is 1. The van der Waals surface area contributed by atoms with Gasteiger partial charge in [-0.05, 0) is 42.8 Å². The molecule has 144 valence electrons. The molecule has 1 atom stereocenters. The molecule has 3 rings (SSSR count). The Morgan fingerprint density at radius 3 is 2.15 bits per heavy atom. The normalized spacial score (nSPS) is 16.9. The van der Waals surface area contributed by atoms with E-state index in [1.807, 2.05) is 19.1 Å². The van der Waals surface area contributed by atoms with Crippen molar-refractivity contribution in [2.45, 2.75) is 17.7 Å². The largest absolute Gasteiger partial charge is 0.340 e. The van der Waals surface area contributed by atoms with E-state index in [0.29, 0.717) is 23.1 Å². The summed E-state index contributed by atoms with van der Waals surface area (Å²) in [6, 6.07) is 13.4. The van der Waals surface area contributed by atoms with E-state index in [2.05, 4.69) is 0 Å². The highest BCUT2D eigenvalue weighted by molar-refractivity contribution is 7.89. The van der Waals surface area contributed by atoms with Crippen molar-refractivity contribution in [3.63, 3.8) is 0 Å². The maximum Gasteiger partial charge on any atom is 0.243 e. The average Bonchev–Trinajstić information content (AvgIpc) is 2.67. The Labute approximate surface area is 169 Å². The highest BCUT2D eigenvalue weighted by Gasteiger charge is 2.31. The summed E-state index contributed by atoms with van der Waals surface area (Å²) in [7, 11) is -3.62. The van der Waals surface area contributed by atoms with Crippen LogP contribution in [0.3, 0.4) is 0 Å². The third-order valence-corrected chi connectivity index (χ3v) is 7.07. The van der Waals surface area contributed by atoms with Gasteiger partial charge in [0.05, 0.1) is 10.8 Å². The molecule has 0 aromatic heterocycles. The molecular weight excluding hydrogens is 407 g/mol. The highest BCUT2D eigenvalue weighted by Crippen LogP contribution is 2.24. The van der Waals surface area contributed by atoms with E-state index in [9.17, 15) is 13.2 Å². The molecule has 1 amide bonds. The fraction of sp³-hybridized carbons (Fsp3) is 0.316. The van der Waals surface area contributed by atoms with Crippen molar-refractivity contribution >= 4 is 39.1 Å². The van der Waals surface area contributed by atoms with Crippen LogP contribution in [0.4, 0.5) is 0 Å². The maximum atomic E-state index is 12.8. The molecule has 0 bridgehead atoms. The van der Waals surface area contributed by atoms with Gasteiger partial charge in [0.25, 0.3) is 0 Å². The van der Waals surface area contributed by atoms with E-state index in [1.54, 1.807) is 29.2 Å². The predicted octanol–water partition coefficient (Wildman–Crippen LogP) is 3.63. The minimum absolute atomic E-state index is 0.0305. The van der Waals surface area contributed by atoms with Crippen molar-refractivity contribution in [1.29, 1.82) is 0 Å². The number of halogens is 2. The maximum absolute atomic E-state index is 12.8. The van der Waals surface area contributed by atoms with Crippen molar-refractivity contribution in [3.8, 4) is 0 Å². The van der Waals surface area contributed by atoms with Crippen molar-refractivity contribution in [3.05, 3.63) is 64.1 Å². The van der Waals surface area contributed by atoms with Gasteiger partial charge in [0, 0.05) is 36.2 Å². The predicted molar refractivity (Wildman–Crippen MR) is 107 cm³/mol. The second-order valence-corrected chi connectivity index (χ2v) is 9.27. The van der Waals surface area contributed by atoms with Gasteiger partial charge in [0.15, 0.2) is 0 Å². The minimum Gasteiger partial charge on any atom is -0.340 e. The smallest absolute Gasteiger partial charge is 0.243 e. The van der Waals surface area contributed by atoms with E-state index >= 15 is 0 Å². The Hall–Kier alpha value is -1.60. The van der Waals surface area contributed by atoms with Gasteiger partial charge in [0.1, 0.15) is 0 Å². The van der Waals surface area contributed by atoms with Crippen LogP contribution in [-0.4, -0.2) is 49.7 Å². The van der Waals surface area contributed by atoms with Crippen LogP contribution in [0, 0.1) is 0 Å². The third-order valence-electron chi connectivity index (χ3n) is 4.70. The van der Waals surface area contributed by atoms with E-state index in [0.717, 1.165) is 5.56 Å². The zero-order valence-electron chi connectivity index (χ0n) is 14.8. The number of hydrogen-bond donors (Lipinski definition) is 0. The van der Waals surface area contributed by atoms with Gasteiger partial charge >= 0.3 is 0 Å². The van der Waals surface area contributed by atoms with Gasteiger partial charge in [-0.2, -0.15) is 4.31 Å². The summed E-state index contributed by atoms with van der Waals surface area (Å²) in [4.78, 5) is 14.7. The fourth-order valence-corrected chi connectivity index (χ4v) is 5.04. The molecule has 8 heteroatoms. The van der Waals surface area contributed by atoms with Crippen LogP contribution in [0.5, 0.6) is 0 Å². The number of rotatable bonds is 4. The molecule has 1 aliphatic rings. The molecule has 2 aromatic rings. The molecule has 0 saturated carbocycles. The second kappa shape index (κ2) is 8.19. The number of nitrogens with zero attached hydrogens (tertiary/aromatic N) is 2. The first kappa shape index (κ1) is 20.1. The quantitative estimate of drug-likeness (QED) is 0.749. The molecular formula is C19H20Cl2N2O3S. The summed E-state index contributed by atoms with van der Waals surface area (Å²) in [5.41, 5.74) is 0.849. The zero-order valence-corrected chi connectivity index (χ0v) is 17.1. The van der Waals surface area contributed by atoms with Gasteiger partial charge in [-0.3, -0.25) is 4.79 Å². The molecule has 27 heavy (non-hydrogen) atoms. The van der Waals surface area contributed by atoms with Crippen LogP contribution in [0.25, 0.3) is 0 Å². The van der Waals surface area contributed by atoms with E-state index < -0.39 is 10.0 Å². The number of benzene rings is 2. The van der Waals surface area contributed by atoms with Crippen molar-refractivity contribution in [2.24, 2.45) is 0 Å². The molecule has 0 N–H and O–H groups in total. The van der Waals surface area contributed by atoms with Crippen molar-refractivity contribution in [2.75, 3.05) is 26.2 Å². The number of piperazine rings is 1. The topological polar surface area (TPSA) is 57.7 Å². The molecule has 1 fully saturated rings. The summed E-state index contributed by atoms with van der Waals surface area (Å²) in [5, 5.41) is 0.963. The van der Waals surface area contributed by atoms with Gasteiger partial charge in [-0.25, -0.2) is 8.42 Å². The lowest BCUT2D eigenvalue weighted by molar-refractivity contribution is -0.133. The monoisotopic (exact) mass is 426 g/mol. The molecule has 2 aromatic carbocycles.